The molecule has 100 valence electrons. The molecule has 0 atom stereocenters. The van der Waals surface area contributed by atoms with Crippen molar-refractivity contribution in [2.24, 2.45) is 0 Å². The average molecular weight is 261 g/mol. The molecule has 1 heterocycles. The number of hydrogen-bond acceptors (Lipinski definition) is 3. The number of rotatable bonds is 4. The number of aromatic nitrogens is 2. The first-order chi connectivity index (χ1) is 8.39. The Morgan fingerprint density at radius 2 is 2.17 bits per heavy atom. The van der Waals surface area contributed by atoms with Gasteiger partial charge < -0.3 is 9.88 Å². The summed E-state index contributed by atoms with van der Waals surface area (Å²) >= 11 is 0. The highest BCUT2D eigenvalue weighted by molar-refractivity contribution is 5.39. The minimum atomic E-state index is -4.35. The number of hydrogen-bond donors (Lipinski definition) is 1. The molecule has 1 aromatic rings. The second kappa shape index (κ2) is 4.29. The minimum absolute atomic E-state index is 0.0136. The largest absolute Gasteiger partial charge is 0.411 e. The van der Waals surface area contributed by atoms with Gasteiger partial charge in [0.15, 0.2) is 5.82 Å². The number of alkyl halides is 3. The smallest absolute Gasteiger partial charge is 0.352 e. The lowest BCUT2D eigenvalue weighted by molar-refractivity contribution is -0.151. The van der Waals surface area contributed by atoms with Gasteiger partial charge in [-0.3, -0.25) is 4.79 Å². The Balaban J connectivity index is 2.26. The molecule has 1 N–H and O–H groups in total. The Kier molecular flexibility index (Phi) is 3.08. The van der Waals surface area contributed by atoms with Crippen molar-refractivity contribution in [3.63, 3.8) is 0 Å². The molecule has 0 spiro atoms. The van der Waals surface area contributed by atoms with Crippen molar-refractivity contribution in [2.75, 3.05) is 5.32 Å². The van der Waals surface area contributed by atoms with E-state index in [4.69, 9.17) is 0 Å². The SMILES string of the molecule is CCCn1ccnc(NC2(C(F)(F)F)CC2)c1=O. The van der Waals surface area contributed by atoms with Crippen LogP contribution in [-0.4, -0.2) is 21.3 Å². The first kappa shape index (κ1) is 12.9. The van der Waals surface area contributed by atoms with E-state index in [9.17, 15) is 18.0 Å². The van der Waals surface area contributed by atoms with Crippen LogP contribution in [0.3, 0.4) is 0 Å². The first-order valence-electron chi connectivity index (χ1n) is 5.80. The molecule has 1 aromatic heterocycles. The van der Waals surface area contributed by atoms with Crippen molar-refractivity contribution in [3.8, 4) is 0 Å². The van der Waals surface area contributed by atoms with E-state index in [1.165, 1.54) is 17.0 Å². The van der Waals surface area contributed by atoms with Crippen molar-refractivity contribution < 1.29 is 13.2 Å². The van der Waals surface area contributed by atoms with E-state index in [1.807, 2.05) is 6.92 Å². The van der Waals surface area contributed by atoms with Gasteiger partial charge in [0.2, 0.25) is 0 Å². The number of aryl methyl sites for hydroxylation is 1. The number of halogens is 3. The summed E-state index contributed by atoms with van der Waals surface area (Å²) in [5, 5.41) is 2.27. The van der Waals surface area contributed by atoms with Crippen LogP contribution in [0.2, 0.25) is 0 Å². The summed E-state index contributed by atoms with van der Waals surface area (Å²) in [4.78, 5) is 15.6. The molecule has 4 nitrogen and oxygen atoms in total. The van der Waals surface area contributed by atoms with Gasteiger partial charge in [-0.2, -0.15) is 13.2 Å². The van der Waals surface area contributed by atoms with Gasteiger partial charge >= 0.3 is 6.18 Å². The zero-order chi connectivity index (χ0) is 13.4. The average Bonchev–Trinajstić information content (AvgIpc) is 3.04. The quantitative estimate of drug-likeness (QED) is 0.903. The van der Waals surface area contributed by atoms with Gasteiger partial charge in [0, 0.05) is 18.9 Å². The lowest BCUT2D eigenvalue weighted by Gasteiger charge is -2.21. The summed E-state index contributed by atoms with van der Waals surface area (Å²) in [6, 6.07) is 0. The number of anilines is 1. The van der Waals surface area contributed by atoms with Crippen LogP contribution in [0.5, 0.6) is 0 Å². The van der Waals surface area contributed by atoms with Crippen molar-refractivity contribution in [1.29, 1.82) is 0 Å². The molecular weight excluding hydrogens is 247 g/mol. The summed E-state index contributed by atoms with van der Waals surface area (Å²) in [6.45, 7) is 2.35. The highest BCUT2D eigenvalue weighted by Crippen LogP contribution is 2.50. The van der Waals surface area contributed by atoms with Crippen LogP contribution in [0, 0.1) is 0 Å². The molecule has 1 aliphatic carbocycles. The van der Waals surface area contributed by atoms with Gasteiger partial charge in [0.1, 0.15) is 5.54 Å². The molecule has 0 aliphatic heterocycles. The first-order valence-corrected chi connectivity index (χ1v) is 5.80. The molecular formula is C11H14F3N3O. The lowest BCUT2D eigenvalue weighted by Crippen LogP contribution is -2.41. The van der Waals surface area contributed by atoms with E-state index < -0.39 is 17.3 Å². The number of nitrogens with zero attached hydrogens (tertiary/aromatic N) is 2. The Morgan fingerprint density at radius 3 is 2.67 bits per heavy atom. The van der Waals surface area contributed by atoms with E-state index in [2.05, 4.69) is 10.3 Å². The Labute approximate surface area is 102 Å². The van der Waals surface area contributed by atoms with Crippen molar-refractivity contribution in [2.45, 2.75) is 44.4 Å². The molecule has 0 aromatic carbocycles. The third-order valence-electron chi connectivity index (χ3n) is 3.03. The lowest BCUT2D eigenvalue weighted by atomic mass is 10.2. The molecule has 0 saturated heterocycles. The molecule has 7 heteroatoms. The molecule has 18 heavy (non-hydrogen) atoms. The van der Waals surface area contributed by atoms with Crippen molar-refractivity contribution >= 4 is 5.82 Å². The minimum Gasteiger partial charge on any atom is -0.352 e. The molecule has 0 unspecified atom stereocenters. The summed E-state index contributed by atoms with van der Waals surface area (Å²) in [7, 11) is 0. The summed E-state index contributed by atoms with van der Waals surface area (Å²) in [5.41, 5.74) is -2.46. The summed E-state index contributed by atoms with van der Waals surface area (Å²) in [6.07, 6.45) is -0.836. The van der Waals surface area contributed by atoms with Gasteiger partial charge in [0.25, 0.3) is 5.56 Å². The second-order valence-corrected chi connectivity index (χ2v) is 4.48. The fourth-order valence-electron chi connectivity index (χ4n) is 1.78. The molecule has 1 saturated carbocycles. The van der Waals surface area contributed by atoms with Gasteiger partial charge in [-0.25, -0.2) is 4.98 Å². The zero-order valence-electron chi connectivity index (χ0n) is 9.92. The highest BCUT2D eigenvalue weighted by Gasteiger charge is 2.64. The topological polar surface area (TPSA) is 46.9 Å². The van der Waals surface area contributed by atoms with Crippen LogP contribution >= 0.6 is 0 Å². The third kappa shape index (κ3) is 2.21. The maximum Gasteiger partial charge on any atom is 0.411 e. The van der Waals surface area contributed by atoms with Crippen molar-refractivity contribution in [1.82, 2.24) is 9.55 Å². The van der Waals surface area contributed by atoms with E-state index in [1.54, 1.807) is 0 Å². The maximum absolute atomic E-state index is 12.8. The van der Waals surface area contributed by atoms with Crippen LogP contribution < -0.4 is 10.9 Å². The second-order valence-electron chi connectivity index (χ2n) is 4.48. The van der Waals surface area contributed by atoms with Crippen LogP contribution in [0.25, 0.3) is 0 Å². The predicted molar refractivity (Wildman–Crippen MR) is 60.4 cm³/mol. The van der Waals surface area contributed by atoms with Crippen LogP contribution in [0.1, 0.15) is 26.2 Å². The van der Waals surface area contributed by atoms with Gasteiger partial charge in [-0.05, 0) is 19.3 Å². The summed E-state index contributed by atoms with van der Waals surface area (Å²) < 4.78 is 39.7. The van der Waals surface area contributed by atoms with Crippen LogP contribution in [0.15, 0.2) is 17.2 Å². The molecule has 1 fully saturated rings. The fraction of sp³-hybridized carbons (Fsp3) is 0.636. The Bertz CT molecular complexity index is 491. The third-order valence-corrected chi connectivity index (χ3v) is 3.03. The zero-order valence-corrected chi connectivity index (χ0v) is 9.92. The monoisotopic (exact) mass is 261 g/mol. The standard InChI is InChI=1S/C11H14F3N3O/c1-2-6-17-7-5-15-8(9(17)18)16-10(3-4-10)11(12,13)14/h5,7H,2-4,6H2,1H3,(H,15,16). The molecule has 0 bridgehead atoms. The van der Waals surface area contributed by atoms with E-state index >= 15 is 0 Å². The van der Waals surface area contributed by atoms with Gasteiger partial charge in [-0.15, -0.1) is 0 Å². The number of nitrogens with one attached hydrogen (secondary N) is 1. The van der Waals surface area contributed by atoms with Crippen molar-refractivity contribution in [3.05, 3.63) is 22.7 Å². The van der Waals surface area contributed by atoms with Gasteiger partial charge in [-0.1, -0.05) is 6.92 Å². The van der Waals surface area contributed by atoms with E-state index in [0.29, 0.717) is 6.54 Å². The molecule has 1 aliphatic rings. The van der Waals surface area contributed by atoms with Gasteiger partial charge in [0.05, 0.1) is 0 Å². The summed E-state index contributed by atoms with van der Waals surface area (Å²) in [5.74, 6) is -0.222. The normalized spacial score (nSPS) is 17.6. The van der Waals surface area contributed by atoms with E-state index in [0.717, 1.165) is 6.42 Å². The predicted octanol–water partition coefficient (Wildman–Crippen LogP) is 2.16. The Hall–Kier alpha value is -1.53. The maximum atomic E-state index is 12.8. The molecule has 0 amide bonds. The van der Waals surface area contributed by atoms with E-state index in [-0.39, 0.29) is 18.7 Å². The highest BCUT2D eigenvalue weighted by atomic mass is 19.4. The van der Waals surface area contributed by atoms with Crippen LogP contribution in [-0.2, 0) is 6.54 Å². The molecule has 2 rings (SSSR count). The fourth-order valence-corrected chi connectivity index (χ4v) is 1.78. The Morgan fingerprint density at radius 1 is 1.50 bits per heavy atom. The van der Waals surface area contributed by atoms with Crippen LogP contribution in [0.4, 0.5) is 19.0 Å². The molecule has 0 radical (unpaired) electrons.